The van der Waals surface area contributed by atoms with Crippen molar-refractivity contribution < 1.29 is 0 Å². The Balaban J connectivity index is 1.59. The summed E-state index contributed by atoms with van der Waals surface area (Å²) in [5.74, 6) is 0.531. The minimum Gasteiger partial charge on any atom is -0.344 e. The van der Waals surface area contributed by atoms with E-state index in [2.05, 4.69) is 59.2 Å². The number of benzene rings is 2. The number of hydrogen-bond donors (Lipinski definition) is 0. The molecule has 0 radical (unpaired) electrons. The number of nitrogens with zero attached hydrogens (tertiary/aromatic N) is 2. The average molecular weight is 286 g/mol. The maximum absolute atomic E-state index is 4.92. The molecule has 0 N–H and O–H groups in total. The first-order chi connectivity index (χ1) is 10.9. The summed E-state index contributed by atoms with van der Waals surface area (Å²) in [4.78, 5) is 4.92. The summed E-state index contributed by atoms with van der Waals surface area (Å²) in [6.07, 6.45) is 3.36. The van der Waals surface area contributed by atoms with E-state index in [0.29, 0.717) is 5.92 Å². The number of aromatic nitrogens is 1. The van der Waals surface area contributed by atoms with Gasteiger partial charge in [-0.25, -0.2) is 0 Å². The van der Waals surface area contributed by atoms with Gasteiger partial charge in [-0.05, 0) is 42.0 Å². The van der Waals surface area contributed by atoms with Gasteiger partial charge in [0.15, 0.2) is 0 Å². The smallest absolute Gasteiger partial charge is 0.0667 e. The van der Waals surface area contributed by atoms with Crippen LogP contribution < -0.4 is 0 Å². The quantitative estimate of drug-likeness (QED) is 0.562. The van der Waals surface area contributed by atoms with Crippen LogP contribution in [0.15, 0.2) is 59.6 Å². The number of aliphatic imine (C=N–C) groups is 1. The Labute approximate surface area is 130 Å². The first-order valence-corrected chi connectivity index (χ1v) is 8.14. The highest BCUT2D eigenvalue weighted by atomic mass is 15.0. The van der Waals surface area contributed by atoms with Gasteiger partial charge in [-0.2, -0.15) is 0 Å². The van der Waals surface area contributed by atoms with E-state index in [1.54, 1.807) is 0 Å². The van der Waals surface area contributed by atoms with Crippen LogP contribution in [0, 0.1) is 0 Å². The molecule has 5 rings (SSSR count). The van der Waals surface area contributed by atoms with E-state index in [0.717, 1.165) is 19.4 Å². The van der Waals surface area contributed by atoms with Gasteiger partial charge in [0.25, 0.3) is 0 Å². The van der Waals surface area contributed by atoms with E-state index < -0.39 is 0 Å². The molecule has 0 fully saturated rings. The predicted octanol–water partition coefficient (Wildman–Crippen LogP) is 4.85. The van der Waals surface area contributed by atoms with Gasteiger partial charge in [0.1, 0.15) is 0 Å². The van der Waals surface area contributed by atoms with Crippen molar-refractivity contribution in [3.63, 3.8) is 0 Å². The highest BCUT2D eigenvalue weighted by Crippen LogP contribution is 2.40. The van der Waals surface area contributed by atoms with E-state index in [9.17, 15) is 0 Å². The minimum atomic E-state index is 0.531. The molecular formula is C20H18N2. The number of hydrogen-bond acceptors (Lipinski definition) is 1. The summed E-state index contributed by atoms with van der Waals surface area (Å²) >= 11 is 0. The molecule has 1 aromatic heterocycles. The van der Waals surface area contributed by atoms with Crippen LogP contribution >= 0.6 is 0 Å². The lowest BCUT2D eigenvalue weighted by Gasteiger charge is -2.20. The van der Waals surface area contributed by atoms with Gasteiger partial charge >= 0.3 is 0 Å². The summed E-state index contributed by atoms with van der Waals surface area (Å²) in [5.41, 5.74) is 6.85. The minimum absolute atomic E-state index is 0.531. The lowest BCUT2D eigenvalue weighted by molar-refractivity contribution is 0.634. The molecular weight excluding hydrogens is 268 g/mol. The molecule has 2 aromatic carbocycles. The van der Waals surface area contributed by atoms with Gasteiger partial charge in [0, 0.05) is 35.8 Å². The summed E-state index contributed by atoms with van der Waals surface area (Å²) in [6.45, 7) is 1.05. The fraction of sp³-hybridized carbons (Fsp3) is 0.250. The maximum Gasteiger partial charge on any atom is 0.0667 e. The lowest BCUT2D eigenvalue weighted by atomic mass is 9.88. The van der Waals surface area contributed by atoms with Crippen LogP contribution in [0.1, 0.15) is 30.0 Å². The molecule has 0 amide bonds. The highest BCUT2D eigenvalue weighted by molar-refractivity contribution is 5.98. The summed E-state index contributed by atoms with van der Waals surface area (Å²) < 4.78 is 2.50. The average Bonchev–Trinajstić information content (AvgIpc) is 3.06. The van der Waals surface area contributed by atoms with E-state index in [-0.39, 0.29) is 0 Å². The zero-order valence-corrected chi connectivity index (χ0v) is 12.5. The maximum atomic E-state index is 4.92. The number of rotatable bonds is 0. The SMILES string of the molecule is c1ccc2c(c1)N=C1CCn3c(cc4ccccc43)CCC12. The highest BCUT2D eigenvalue weighted by Gasteiger charge is 2.28. The molecule has 3 heterocycles. The monoisotopic (exact) mass is 286 g/mol. The van der Waals surface area contributed by atoms with E-state index in [4.69, 9.17) is 4.99 Å². The van der Waals surface area contributed by atoms with Crippen LogP contribution in [0.5, 0.6) is 0 Å². The van der Waals surface area contributed by atoms with E-state index in [1.165, 1.54) is 40.0 Å². The third kappa shape index (κ3) is 1.70. The molecule has 0 bridgehead atoms. The number of para-hydroxylation sites is 2. The molecule has 2 aliphatic heterocycles. The summed E-state index contributed by atoms with van der Waals surface area (Å²) in [6, 6.07) is 19.8. The van der Waals surface area contributed by atoms with Crippen molar-refractivity contribution in [3.8, 4) is 0 Å². The van der Waals surface area contributed by atoms with Gasteiger partial charge in [-0.3, -0.25) is 4.99 Å². The Hall–Kier alpha value is -2.35. The van der Waals surface area contributed by atoms with Gasteiger partial charge in [-0.1, -0.05) is 36.4 Å². The van der Waals surface area contributed by atoms with Crippen molar-refractivity contribution in [1.29, 1.82) is 0 Å². The van der Waals surface area contributed by atoms with E-state index >= 15 is 0 Å². The standard InChI is InChI=1S/C20H18N2/c1-4-8-20-14(5-1)13-15-9-10-17-16-6-2-3-7-18(16)21-19(17)11-12-22(15)20/h1-8,13,17H,9-12H2. The van der Waals surface area contributed by atoms with Crippen LogP contribution in [0.25, 0.3) is 10.9 Å². The van der Waals surface area contributed by atoms with E-state index in [1.807, 2.05) is 0 Å². The first-order valence-electron chi connectivity index (χ1n) is 8.14. The Kier molecular flexibility index (Phi) is 2.54. The summed E-state index contributed by atoms with van der Waals surface area (Å²) in [5, 5.41) is 1.37. The molecule has 22 heavy (non-hydrogen) atoms. The van der Waals surface area contributed by atoms with Crippen LogP contribution in [-0.4, -0.2) is 10.3 Å². The second-order valence-corrected chi connectivity index (χ2v) is 6.35. The fourth-order valence-electron chi connectivity index (χ4n) is 4.11. The molecule has 1 unspecified atom stereocenters. The second-order valence-electron chi connectivity index (χ2n) is 6.35. The largest absolute Gasteiger partial charge is 0.344 e. The molecule has 0 saturated heterocycles. The van der Waals surface area contributed by atoms with Crippen molar-refractivity contribution in [2.45, 2.75) is 31.7 Å². The lowest BCUT2D eigenvalue weighted by Crippen LogP contribution is -2.17. The number of fused-ring (bicyclic) bond motifs is 6. The van der Waals surface area contributed by atoms with Crippen LogP contribution in [-0.2, 0) is 13.0 Å². The van der Waals surface area contributed by atoms with Crippen LogP contribution in [0.2, 0.25) is 0 Å². The molecule has 0 saturated carbocycles. The van der Waals surface area contributed by atoms with Crippen LogP contribution in [0.3, 0.4) is 0 Å². The van der Waals surface area contributed by atoms with Gasteiger partial charge in [0.05, 0.1) is 5.69 Å². The van der Waals surface area contributed by atoms with Crippen LogP contribution in [0.4, 0.5) is 5.69 Å². The molecule has 108 valence electrons. The Morgan fingerprint density at radius 2 is 1.82 bits per heavy atom. The Morgan fingerprint density at radius 3 is 2.82 bits per heavy atom. The van der Waals surface area contributed by atoms with Crippen molar-refractivity contribution in [2.75, 3.05) is 0 Å². The zero-order valence-electron chi connectivity index (χ0n) is 12.5. The first kappa shape index (κ1) is 12.2. The Morgan fingerprint density at radius 1 is 0.955 bits per heavy atom. The summed E-state index contributed by atoms with van der Waals surface area (Å²) in [7, 11) is 0. The van der Waals surface area contributed by atoms with Gasteiger partial charge in [0.2, 0.25) is 0 Å². The third-order valence-electron chi connectivity index (χ3n) is 5.16. The molecule has 2 heteroatoms. The zero-order chi connectivity index (χ0) is 14.5. The van der Waals surface area contributed by atoms with Crippen molar-refractivity contribution in [2.24, 2.45) is 4.99 Å². The molecule has 3 aromatic rings. The van der Waals surface area contributed by atoms with Crippen molar-refractivity contribution >= 4 is 22.3 Å². The van der Waals surface area contributed by atoms with Gasteiger partial charge in [-0.15, -0.1) is 0 Å². The number of aryl methyl sites for hydroxylation is 2. The molecule has 1 atom stereocenters. The fourth-order valence-corrected chi connectivity index (χ4v) is 4.11. The Bertz CT molecular complexity index is 901. The normalized spacial score (nSPS) is 19.8. The van der Waals surface area contributed by atoms with Crippen molar-refractivity contribution in [1.82, 2.24) is 4.57 Å². The van der Waals surface area contributed by atoms with Gasteiger partial charge < -0.3 is 4.57 Å². The third-order valence-corrected chi connectivity index (χ3v) is 5.16. The molecule has 2 aliphatic rings. The molecule has 0 aliphatic carbocycles. The molecule has 2 nitrogen and oxygen atoms in total. The second kappa shape index (κ2) is 4.57. The molecule has 0 spiro atoms. The van der Waals surface area contributed by atoms with Crippen molar-refractivity contribution in [3.05, 3.63) is 65.9 Å². The predicted molar refractivity (Wildman–Crippen MR) is 91.2 cm³/mol. The topological polar surface area (TPSA) is 17.3 Å².